The van der Waals surface area contributed by atoms with Crippen molar-refractivity contribution >= 4 is 0 Å². The standard InChI is InChI=1S/C29H62N2O3/c1-8-30(9-2)26-28(7)27-31(10-3)25-23-21-19-17-15-14-16-18-20-22-24-29(32-11-4,33-12-5)34-13-6/h28H,8-27H2,1-7H3. The average Bonchev–Trinajstić information content (AvgIpc) is 2.82. The molecule has 0 aliphatic heterocycles. The van der Waals surface area contributed by atoms with Gasteiger partial charge in [-0.25, -0.2) is 0 Å². The van der Waals surface area contributed by atoms with Gasteiger partial charge < -0.3 is 24.0 Å². The smallest absolute Gasteiger partial charge is 0.282 e. The first-order valence-electron chi connectivity index (χ1n) is 14.9. The molecule has 0 aliphatic carbocycles. The van der Waals surface area contributed by atoms with E-state index in [0.29, 0.717) is 19.8 Å². The van der Waals surface area contributed by atoms with Crippen LogP contribution < -0.4 is 0 Å². The topological polar surface area (TPSA) is 34.2 Å². The summed E-state index contributed by atoms with van der Waals surface area (Å²) in [6.45, 7) is 24.4. The van der Waals surface area contributed by atoms with Crippen molar-refractivity contribution in [2.24, 2.45) is 5.92 Å². The van der Waals surface area contributed by atoms with Gasteiger partial charge in [-0.15, -0.1) is 0 Å². The fourth-order valence-corrected chi connectivity index (χ4v) is 4.89. The molecule has 5 heteroatoms. The fourth-order valence-electron chi connectivity index (χ4n) is 4.89. The van der Waals surface area contributed by atoms with Crippen LogP contribution in [0, 0.1) is 5.92 Å². The third-order valence-corrected chi connectivity index (χ3v) is 6.78. The van der Waals surface area contributed by atoms with E-state index in [1.165, 1.54) is 97.1 Å². The normalized spacial score (nSPS) is 13.3. The summed E-state index contributed by atoms with van der Waals surface area (Å²) >= 11 is 0. The van der Waals surface area contributed by atoms with Crippen LogP contribution in [0.15, 0.2) is 0 Å². The van der Waals surface area contributed by atoms with Crippen LogP contribution in [-0.4, -0.2) is 74.9 Å². The summed E-state index contributed by atoms with van der Waals surface area (Å²) in [6, 6.07) is 0. The van der Waals surface area contributed by atoms with Gasteiger partial charge in [-0.3, -0.25) is 0 Å². The molecule has 1 atom stereocenters. The molecule has 206 valence electrons. The van der Waals surface area contributed by atoms with E-state index in [-0.39, 0.29) is 0 Å². The highest BCUT2D eigenvalue weighted by Crippen LogP contribution is 2.24. The van der Waals surface area contributed by atoms with E-state index in [9.17, 15) is 0 Å². The summed E-state index contributed by atoms with van der Waals surface area (Å²) in [5.41, 5.74) is 0. The molecule has 0 radical (unpaired) electrons. The number of hydrogen-bond acceptors (Lipinski definition) is 5. The molecule has 0 saturated heterocycles. The van der Waals surface area contributed by atoms with E-state index >= 15 is 0 Å². The molecule has 0 aromatic carbocycles. The van der Waals surface area contributed by atoms with Gasteiger partial charge >= 0.3 is 0 Å². The highest BCUT2D eigenvalue weighted by Gasteiger charge is 2.31. The first-order valence-corrected chi connectivity index (χ1v) is 14.9. The van der Waals surface area contributed by atoms with Crippen LogP contribution in [0.3, 0.4) is 0 Å². The number of ether oxygens (including phenoxy) is 3. The maximum atomic E-state index is 5.82. The number of rotatable bonds is 26. The quantitative estimate of drug-likeness (QED) is 0.0943. The predicted molar refractivity (Wildman–Crippen MR) is 147 cm³/mol. The Morgan fingerprint density at radius 1 is 0.529 bits per heavy atom. The maximum absolute atomic E-state index is 5.82. The monoisotopic (exact) mass is 486 g/mol. The van der Waals surface area contributed by atoms with Crippen molar-refractivity contribution in [3.05, 3.63) is 0 Å². The third kappa shape index (κ3) is 17.3. The van der Waals surface area contributed by atoms with Crippen LogP contribution in [-0.2, 0) is 14.2 Å². The Kier molecular flexibility index (Phi) is 23.1. The molecule has 0 amide bonds. The molecule has 0 spiro atoms. The molecule has 5 nitrogen and oxygen atoms in total. The summed E-state index contributed by atoms with van der Waals surface area (Å²) in [7, 11) is 0. The lowest BCUT2D eigenvalue weighted by Gasteiger charge is -2.32. The van der Waals surface area contributed by atoms with Gasteiger partial charge in [0.2, 0.25) is 0 Å². The van der Waals surface area contributed by atoms with Gasteiger partial charge in [0.15, 0.2) is 0 Å². The largest absolute Gasteiger partial charge is 0.328 e. The van der Waals surface area contributed by atoms with Gasteiger partial charge in [0.25, 0.3) is 5.97 Å². The molecule has 1 unspecified atom stereocenters. The lowest BCUT2D eigenvalue weighted by molar-refractivity contribution is -0.380. The van der Waals surface area contributed by atoms with Crippen LogP contribution in [0.1, 0.15) is 119 Å². The first-order chi connectivity index (χ1) is 16.5. The van der Waals surface area contributed by atoms with Gasteiger partial charge in [0.1, 0.15) is 0 Å². The molecule has 0 rings (SSSR count). The van der Waals surface area contributed by atoms with Crippen LogP contribution in [0.25, 0.3) is 0 Å². The molecule has 0 aliphatic rings. The van der Waals surface area contributed by atoms with Gasteiger partial charge in [-0.1, -0.05) is 79.1 Å². The Bertz CT molecular complexity index is 401. The van der Waals surface area contributed by atoms with E-state index in [1.54, 1.807) is 0 Å². The van der Waals surface area contributed by atoms with Crippen LogP contribution in [0.2, 0.25) is 0 Å². The Balaban J connectivity index is 3.75. The lowest BCUT2D eigenvalue weighted by atomic mass is 10.0. The van der Waals surface area contributed by atoms with Crippen molar-refractivity contribution in [3.8, 4) is 0 Å². The molecule has 0 aromatic rings. The molecule has 0 bridgehead atoms. The second-order valence-electron chi connectivity index (χ2n) is 9.75. The summed E-state index contributed by atoms with van der Waals surface area (Å²) < 4.78 is 17.5. The molecule has 0 aromatic heterocycles. The van der Waals surface area contributed by atoms with Gasteiger partial charge in [-0.2, -0.15) is 0 Å². The molecular formula is C29H62N2O3. The zero-order chi connectivity index (χ0) is 25.5. The Hall–Kier alpha value is -0.200. The SMILES string of the molecule is CCOC(CCCCCCCCCCCCN(CC)CC(C)CN(CC)CC)(OCC)OCC. The van der Waals surface area contributed by atoms with E-state index < -0.39 is 5.97 Å². The van der Waals surface area contributed by atoms with Gasteiger partial charge in [0.05, 0.1) is 0 Å². The minimum atomic E-state index is -0.824. The first kappa shape index (κ1) is 33.8. The van der Waals surface area contributed by atoms with E-state index in [1.807, 2.05) is 20.8 Å². The van der Waals surface area contributed by atoms with Crippen molar-refractivity contribution in [1.29, 1.82) is 0 Å². The van der Waals surface area contributed by atoms with Crippen LogP contribution in [0.4, 0.5) is 0 Å². The fraction of sp³-hybridized carbons (Fsp3) is 1.00. The molecular weight excluding hydrogens is 424 g/mol. The third-order valence-electron chi connectivity index (χ3n) is 6.78. The lowest BCUT2D eigenvalue weighted by Crippen LogP contribution is -2.39. The van der Waals surface area contributed by atoms with Crippen LogP contribution >= 0.6 is 0 Å². The average molecular weight is 487 g/mol. The highest BCUT2D eigenvalue weighted by atomic mass is 16.9. The minimum absolute atomic E-state index is 0.617. The summed E-state index contributed by atoms with van der Waals surface area (Å²) in [5, 5.41) is 0. The van der Waals surface area contributed by atoms with Gasteiger partial charge in [-0.05, 0) is 65.7 Å². The molecule has 0 saturated carbocycles. The molecule has 0 fully saturated rings. The number of nitrogens with zero attached hydrogens (tertiary/aromatic N) is 2. The molecule has 34 heavy (non-hydrogen) atoms. The second kappa shape index (κ2) is 23.2. The van der Waals surface area contributed by atoms with Crippen LogP contribution in [0.5, 0.6) is 0 Å². The maximum Gasteiger partial charge on any atom is 0.282 e. The Morgan fingerprint density at radius 2 is 0.912 bits per heavy atom. The van der Waals surface area contributed by atoms with Crippen molar-refractivity contribution in [2.75, 3.05) is 59.1 Å². The van der Waals surface area contributed by atoms with Crippen molar-refractivity contribution in [3.63, 3.8) is 0 Å². The second-order valence-corrected chi connectivity index (χ2v) is 9.75. The Morgan fingerprint density at radius 3 is 1.32 bits per heavy atom. The molecule has 0 heterocycles. The summed E-state index contributed by atoms with van der Waals surface area (Å²) in [4.78, 5) is 5.21. The predicted octanol–water partition coefficient (Wildman–Crippen LogP) is 7.34. The number of hydrogen-bond donors (Lipinski definition) is 0. The van der Waals surface area contributed by atoms with E-state index in [2.05, 4.69) is 37.5 Å². The summed E-state index contributed by atoms with van der Waals surface area (Å²) in [6.07, 6.45) is 14.1. The van der Waals surface area contributed by atoms with Crippen molar-refractivity contribution < 1.29 is 14.2 Å². The zero-order valence-electron chi connectivity index (χ0n) is 24.3. The molecule has 0 N–H and O–H groups in total. The van der Waals surface area contributed by atoms with E-state index in [4.69, 9.17) is 14.2 Å². The van der Waals surface area contributed by atoms with Gasteiger partial charge in [0, 0.05) is 39.3 Å². The minimum Gasteiger partial charge on any atom is -0.328 e. The van der Waals surface area contributed by atoms with Crippen molar-refractivity contribution in [1.82, 2.24) is 9.80 Å². The van der Waals surface area contributed by atoms with E-state index in [0.717, 1.165) is 18.8 Å². The summed E-state index contributed by atoms with van der Waals surface area (Å²) in [5.74, 6) is -0.0663. The number of unbranched alkanes of at least 4 members (excludes halogenated alkanes) is 9. The van der Waals surface area contributed by atoms with Crippen molar-refractivity contribution in [2.45, 2.75) is 125 Å². The zero-order valence-corrected chi connectivity index (χ0v) is 24.3. The Labute approximate surface area is 214 Å². The highest BCUT2D eigenvalue weighted by molar-refractivity contribution is 4.66.